The molecule has 0 amide bonds. The van der Waals surface area contributed by atoms with Crippen molar-refractivity contribution >= 4 is 11.6 Å². The first-order chi connectivity index (χ1) is 8.32. The molecule has 1 saturated heterocycles. The van der Waals surface area contributed by atoms with E-state index in [4.69, 9.17) is 16.3 Å². The number of alkyl halides is 1. The Bertz CT molecular complexity index is 262. The Kier molecular flexibility index (Phi) is 3.68. The van der Waals surface area contributed by atoms with E-state index in [1.165, 1.54) is 57.8 Å². The lowest BCUT2D eigenvalue weighted by molar-refractivity contribution is 0.0931. The second-order valence-electron chi connectivity index (χ2n) is 6.60. The van der Waals surface area contributed by atoms with Crippen molar-refractivity contribution in [2.24, 2.45) is 17.3 Å². The zero-order valence-electron chi connectivity index (χ0n) is 10.8. The Hall–Kier alpha value is 0.250. The molecule has 17 heavy (non-hydrogen) atoms. The normalized spacial score (nSPS) is 44.6. The second-order valence-corrected chi connectivity index (χ2v) is 6.87. The molecule has 98 valence electrons. The van der Waals surface area contributed by atoms with Crippen molar-refractivity contribution in [3.05, 3.63) is 0 Å². The maximum Gasteiger partial charge on any atom is 0.0576 e. The van der Waals surface area contributed by atoms with Crippen LogP contribution < -0.4 is 0 Å². The minimum absolute atomic E-state index is 0.517. The Morgan fingerprint density at radius 2 is 2.18 bits per heavy atom. The van der Waals surface area contributed by atoms with E-state index < -0.39 is 0 Å². The zero-order chi connectivity index (χ0) is 11.7. The van der Waals surface area contributed by atoms with Crippen LogP contribution in [-0.4, -0.2) is 18.6 Å². The molecule has 1 nitrogen and oxygen atoms in total. The molecule has 4 unspecified atom stereocenters. The van der Waals surface area contributed by atoms with Gasteiger partial charge in [-0.15, -0.1) is 11.6 Å². The van der Waals surface area contributed by atoms with Crippen molar-refractivity contribution in [3.8, 4) is 0 Å². The topological polar surface area (TPSA) is 9.23 Å². The van der Waals surface area contributed by atoms with E-state index >= 15 is 0 Å². The third kappa shape index (κ3) is 2.38. The highest BCUT2D eigenvalue weighted by atomic mass is 35.5. The number of halogens is 1. The van der Waals surface area contributed by atoms with Gasteiger partial charge in [0.2, 0.25) is 0 Å². The summed E-state index contributed by atoms with van der Waals surface area (Å²) >= 11 is 6.32. The monoisotopic (exact) mass is 256 g/mol. The molecular weight excluding hydrogens is 232 g/mol. The van der Waals surface area contributed by atoms with Crippen molar-refractivity contribution in [1.82, 2.24) is 0 Å². The lowest BCUT2D eigenvalue weighted by Gasteiger charge is -2.36. The molecule has 2 heteroatoms. The van der Waals surface area contributed by atoms with Gasteiger partial charge in [0.15, 0.2) is 0 Å². The van der Waals surface area contributed by atoms with Crippen molar-refractivity contribution in [3.63, 3.8) is 0 Å². The van der Waals surface area contributed by atoms with E-state index in [9.17, 15) is 0 Å². The molecule has 0 aromatic rings. The van der Waals surface area contributed by atoms with Gasteiger partial charge in [0.25, 0.3) is 0 Å². The summed E-state index contributed by atoms with van der Waals surface area (Å²) in [5.41, 5.74) is 0.517. The Morgan fingerprint density at radius 3 is 2.76 bits per heavy atom. The lowest BCUT2D eigenvalue weighted by Crippen LogP contribution is -2.30. The molecular formula is C15H25ClO. The molecule has 3 rings (SSSR count). The van der Waals surface area contributed by atoms with E-state index in [1.807, 2.05) is 0 Å². The first-order valence-corrected chi connectivity index (χ1v) is 8.03. The smallest absolute Gasteiger partial charge is 0.0576 e. The molecule has 1 heterocycles. The van der Waals surface area contributed by atoms with Crippen LogP contribution in [0.25, 0.3) is 0 Å². The van der Waals surface area contributed by atoms with Gasteiger partial charge in [0, 0.05) is 12.5 Å². The molecule has 1 aliphatic heterocycles. The quantitative estimate of drug-likeness (QED) is 0.664. The molecule has 0 radical (unpaired) electrons. The van der Waals surface area contributed by atoms with Gasteiger partial charge in [-0.2, -0.15) is 0 Å². The van der Waals surface area contributed by atoms with Crippen LogP contribution in [-0.2, 0) is 4.74 Å². The average Bonchev–Trinajstić information content (AvgIpc) is 3.04. The highest BCUT2D eigenvalue weighted by Gasteiger charge is 2.49. The summed E-state index contributed by atoms with van der Waals surface area (Å²) in [4.78, 5) is 0. The van der Waals surface area contributed by atoms with Crippen LogP contribution in [0.3, 0.4) is 0 Å². The maximum atomic E-state index is 6.32. The summed E-state index contributed by atoms with van der Waals surface area (Å²) in [7, 11) is 0. The Balaban J connectivity index is 1.49. The lowest BCUT2D eigenvalue weighted by atomic mass is 9.71. The number of rotatable bonds is 5. The zero-order valence-corrected chi connectivity index (χ0v) is 11.6. The van der Waals surface area contributed by atoms with Crippen LogP contribution in [0, 0.1) is 17.3 Å². The SMILES string of the molecule is ClCC1(CCCC2CCCO2)CC2CCC1C2. The average molecular weight is 257 g/mol. The molecule has 3 aliphatic rings. The Morgan fingerprint density at radius 1 is 1.24 bits per heavy atom. The fraction of sp³-hybridized carbons (Fsp3) is 1.00. The van der Waals surface area contributed by atoms with Gasteiger partial charge in [0.1, 0.15) is 0 Å². The number of hydrogen-bond acceptors (Lipinski definition) is 1. The van der Waals surface area contributed by atoms with E-state index in [1.54, 1.807) is 0 Å². The molecule has 4 atom stereocenters. The minimum Gasteiger partial charge on any atom is -0.378 e. The summed E-state index contributed by atoms with van der Waals surface area (Å²) in [5.74, 6) is 2.87. The number of hydrogen-bond donors (Lipinski definition) is 0. The minimum atomic E-state index is 0.517. The van der Waals surface area contributed by atoms with E-state index in [0.717, 1.165) is 24.3 Å². The van der Waals surface area contributed by atoms with E-state index in [0.29, 0.717) is 11.5 Å². The van der Waals surface area contributed by atoms with E-state index in [2.05, 4.69) is 0 Å². The van der Waals surface area contributed by atoms with Crippen LogP contribution in [0.15, 0.2) is 0 Å². The molecule has 2 bridgehead atoms. The third-order valence-electron chi connectivity index (χ3n) is 5.59. The largest absolute Gasteiger partial charge is 0.378 e. The standard InChI is InChI=1S/C15H25ClO/c16-11-15(10-12-5-6-13(15)9-12)7-1-3-14-4-2-8-17-14/h12-14H,1-11H2. The van der Waals surface area contributed by atoms with Crippen LogP contribution in [0.2, 0.25) is 0 Å². The highest BCUT2D eigenvalue weighted by Crippen LogP contribution is 2.58. The van der Waals surface area contributed by atoms with Crippen LogP contribution >= 0.6 is 11.6 Å². The summed E-state index contributed by atoms with van der Waals surface area (Å²) in [5, 5.41) is 0. The molecule has 0 aromatic carbocycles. The van der Waals surface area contributed by atoms with Crippen molar-refractivity contribution in [2.75, 3.05) is 12.5 Å². The first kappa shape index (κ1) is 12.3. The van der Waals surface area contributed by atoms with Gasteiger partial charge >= 0.3 is 0 Å². The molecule has 3 fully saturated rings. The first-order valence-electron chi connectivity index (χ1n) is 7.50. The number of fused-ring (bicyclic) bond motifs is 2. The van der Waals surface area contributed by atoms with Gasteiger partial charge in [-0.05, 0) is 62.2 Å². The predicted octanol–water partition coefficient (Wildman–Crippen LogP) is 4.38. The van der Waals surface area contributed by atoms with E-state index in [-0.39, 0.29) is 0 Å². The van der Waals surface area contributed by atoms with Crippen molar-refractivity contribution in [1.29, 1.82) is 0 Å². The molecule has 0 aromatic heterocycles. The van der Waals surface area contributed by atoms with Crippen molar-refractivity contribution < 1.29 is 4.74 Å². The fourth-order valence-corrected chi connectivity index (χ4v) is 5.11. The van der Waals surface area contributed by atoms with Crippen molar-refractivity contribution in [2.45, 2.75) is 63.9 Å². The molecule has 2 saturated carbocycles. The van der Waals surface area contributed by atoms with Crippen LogP contribution in [0.4, 0.5) is 0 Å². The summed E-state index contributed by atoms with van der Waals surface area (Å²) < 4.78 is 5.71. The summed E-state index contributed by atoms with van der Waals surface area (Å²) in [6, 6.07) is 0. The maximum absolute atomic E-state index is 6.32. The second kappa shape index (κ2) is 5.09. The van der Waals surface area contributed by atoms with Crippen LogP contribution in [0.1, 0.15) is 57.8 Å². The molecule has 0 spiro atoms. The van der Waals surface area contributed by atoms with Gasteiger partial charge in [-0.3, -0.25) is 0 Å². The molecule has 2 aliphatic carbocycles. The predicted molar refractivity (Wildman–Crippen MR) is 71.4 cm³/mol. The summed E-state index contributed by atoms with van der Waals surface area (Å²) in [6.45, 7) is 0.996. The molecule has 0 N–H and O–H groups in total. The fourth-order valence-electron chi connectivity index (χ4n) is 4.65. The summed E-state index contributed by atoms with van der Waals surface area (Å²) in [6.07, 6.45) is 12.9. The Labute approximate surface area is 110 Å². The number of ether oxygens (including phenoxy) is 1. The van der Waals surface area contributed by atoms with Gasteiger partial charge in [-0.25, -0.2) is 0 Å². The van der Waals surface area contributed by atoms with Crippen LogP contribution in [0.5, 0.6) is 0 Å². The van der Waals surface area contributed by atoms with Gasteiger partial charge in [-0.1, -0.05) is 12.8 Å². The van der Waals surface area contributed by atoms with Gasteiger partial charge < -0.3 is 4.74 Å². The van der Waals surface area contributed by atoms with Gasteiger partial charge in [0.05, 0.1) is 6.10 Å². The highest BCUT2D eigenvalue weighted by molar-refractivity contribution is 6.18. The third-order valence-corrected chi connectivity index (χ3v) is 6.13.